The van der Waals surface area contributed by atoms with Crippen LogP contribution in [0.25, 0.3) is 10.4 Å². The maximum Gasteiger partial charge on any atom is 0.243 e. The predicted molar refractivity (Wildman–Crippen MR) is 83.1 cm³/mol. The molecule has 0 fully saturated rings. The quantitative estimate of drug-likeness (QED) is 0.179. The van der Waals surface area contributed by atoms with Crippen molar-refractivity contribution in [2.45, 2.75) is 32.2 Å². The van der Waals surface area contributed by atoms with Crippen LogP contribution in [0.15, 0.2) is 36.1 Å². The van der Waals surface area contributed by atoms with Crippen LogP contribution < -0.4 is 5.32 Å². The lowest BCUT2D eigenvalue weighted by Gasteiger charge is -2.03. The van der Waals surface area contributed by atoms with Gasteiger partial charge in [0, 0.05) is 35.3 Å². The number of carbonyl (C=O) groups excluding carboxylic acids is 2. The van der Waals surface area contributed by atoms with Crippen LogP contribution in [0.1, 0.15) is 41.7 Å². The molecule has 1 amide bonds. The van der Waals surface area contributed by atoms with Crippen LogP contribution in [0.2, 0.25) is 0 Å². The standard InChI is InChI=1S/C15H19N5O2/c1-2-15(22)17-9-5-3-4-6-14(21)12-7-8-13(18-10-12)11-19-20-16/h2,7-8,10H,1,3-6,9,11H2,(H,17,22). The Balaban J connectivity index is 2.26. The van der Waals surface area contributed by atoms with E-state index in [0.29, 0.717) is 24.2 Å². The van der Waals surface area contributed by atoms with Crippen molar-refractivity contribution in [2.24, 2.45) is 5.11 Å². The molecule has 1 aromatic rings. The fraction of sp³-hybridized carbons (Fsp3) is 0.400. The van der Waals surface area contributed by atoms with Gasteiger partial charge in [0.05, 0.1) is 6.54 Å². The summed E-state index contributed by atoms with van der Waals surface area (Å²) in [6, 6.07) is 3.38. The average molecular weight is 301 g/mol. The molecule has 0 saturated heterocycles. The molecule has 7 nitrogen and oxygen atoms in total. The Morgan fingerprint density at radius 2 is 2.18 bits per heavy atom. The third-order valence-electron chi connectivity index (χ3n) is 3.01. The van der Waals surface area contributed by atoms with E-state index in [1.54, 1.807) is 12.1 Å². The normalized spacial score (nSPS) is 9.64. The van der Waals surface area contributed by atoms with E-state index in [0.717, 1.165) is 19.3 Å². The zero-order valence-electron chi connectivity index (χ0n) is 12.4. The van der Waals surface area contributed by atoms with Crippen molar-refractivity contribution in [2.75, 3.05) is 6.54 Å². The topological polar surface area (TPSA) is 108 Å². The number of pyridine rings is 1. The van der Waals surface area contributed by atoms with Gasteiger partial charge in [0.15, 0.2) is 5.78 Å². The highest BCUT2D eigenvalue weighted by molar-refractivity contribution is 5.95. The van der Waals surface area contributed by atoms with E-state index in [4.69, 9.17) is 5.53 Å². The highest BCUT2D eigenvalue weighted by atomic mass is 16.1. The number of aromatic nitrogens is 1. The monoisotopic (exact) mass is 301 g/mol. The number of carbonyl (C=O) groups is 2. The summed E-state index contributed by atoms with van der Waals surface area (Å²) in [5.41, 5.74) is 9.41. The van der Waals surface area contributed by atoms with Gasteiger partial charge in [-0.25, -0.2) is 0 Å². The van der Waals surface area contributed by atoms with Crippen LogP contribution in [0.4, 0.5) is 0 Å². The number of hydrogen-bond acceptors (Lipinski definition) is 4. The number of nitrogens with zero attached hydrogens (tertiary/aromatic N) is 4. The van der Waals surface area contributed by atoms with Crippen LogP contribution in [0, 0.1) is 0 Å². The average Bonchev–Trinajstić information content (AvgIpc) is 2.56. The first kappa shape index (κ1) is 17.4. The zero-order chi connectivity index (χ0) is 16.2. The van der Waals surface area contributed by atoms with Gasteiger partial charge in [-0.15, -0.1) is 0 Å². The molecule has 0 aliphatic rings. The molecule has 1 heterocycles. The van der Waals surface area contributed by atoms with E-state index in [2.05, 4.69) is 26.9 Å². The molecule has 0 atom stereocenters. The number of nitrogens with one attached hydrogen (secondary N) is 1. The summed E-state index contributed by atoms with van der Waals surface area (Å²) in [6.07, 6.45) is 5.66. The number of unbranched alkanes of at least 4 members (excludes halogenated alkanes) is 2. The molecular weight excluding hydrogens is 282 g/mol. The Hall–Kier alpha value is -2.66. The lowest BCUT2D eigenvalue weighted by atomic mass is 10.1. The molecule has 0 bridgehead atoms. The molecule has 1 N–H and O–H groups in total. The minimum atomic E-state index is -0.178. The number of amides is 1. The van der Waals surface area contributed by atoms with Crippen LogP contribution in [-0.4, -0.2) is 23.2 Å². The molecule has 0 radical (unpaired) electrons. The van der Waals surface area contributed by atoms with Crippen LogP contribution in [0.3, 0.4) is 0 Å². The summed E-state index contributed by atoms with van der Waals surface area (Å²) in [5, 5.41) is 6.10. The van der Waals surface area contributed by atoms with E-state index < -0.39 is 0 Å². The van der Waals surface area contributed by atoms with Crippen molar-refractivity contribution in [1.82, 2.24) is 10.3 Å². The van der Waals surface area contributed by atoms with Crippen LogP contribution >= 0.6 is 0 Å². The summed E-state index contributed by atoms with van der Waals surface area (Å²) < 4.78 is 0. The molecule has 0 saturated carbocycles. The maximum atomic E-state index is 12.0. The predicted octanol–water partition coefficient (Wildman–Crippen LogP) is 2.94. The molecule has 22 heavy (non-hydrogen) atoms. The second kappa shape index (κ2) is 10.1. The van der Waals surface area contributed by atoms with Crippen molar-refractivity contribution in [3.63, 3.8) is 0 Å². The second-order valence-corrected chi connectivity index (χ2v) is 4.66. The molecule has 0 aliphatic heterocycles. The minimum Gasteiger partial charge on any atom is -0.353 e. The maximum absolute atomic E-state index is 12.0. The smallest absolute Gasteiger partial charge is 0.243 e. The van der Waals surface area contributed by atoms with Gasteiger partial charge < -0.3 is 5.32 Å². The highest BCUT2D eigenvalue weighted by Crippen LogP contribution is 2.08. The lowest BCUT2D eigenvalue weighted by molar-refractivity contribution is -0.116. The van der Waals surface area contributed by atoms with Gasteiger partial charge in [0.2, 0.25) is 5.91 Å². The Kier molecular flexibility index (Phi) is 8.00. The molecule has 1 aromatic heterocycles. The fourth-order valence-corrected chi connectivity index (χ4v) is 1.80. The Labute approximate surface area is 129 Å². The first-order valence-electron chi connectivity index (χ1n) is 7.06. The summed E-state index contributed by atoms with van der Waals surface area (Å²) >= 11 is 0. The fourth-order valence-electron chi connectivity index (χ4n) is 1.80. The van der Waals surface area contributed by atoms with Crippen LogP contribution in [0.5, 0.6) is 0 Å². The summed E-state index contributed by atoms with van der Waals surface area (Å²) in [5.74, 6) is -0.138. The molecule has 0 unspecified atom stereocenters. The minimum absolute atomic E-state index is 0.0398. The molecule has 0 spiro atoms. The zero-order valence-corrected chi connectivity index (χ0v) is 12.4. The van der Waals surface area contributed by atoms with E-state index in [1.165, 1.54) is 12.3 Å². The number of rotatable bonds is 10. The van der Waals surface area contributed by atoms with Crippen molar-refractivity contribution in [3.05, 3.63) is 52.7 Å². The van der Waals surface area contributed by atoms with Crippen LogP contribution in [-0.2, 0) is 11.3 Å². The Bertz CT molecular complexity index is 562. The summed E-state index contributed by atoms with van der Waals surface area (Å²) in [7, 11) is 0. The molecule has 7 heteroatoms. The largest absolute Gasteiger partial charge is 0.353 e. The second-order valence-electron chi connectivity index (χ2n) is 4.66. The molecule has 116 valence electrons. The Morgan fingerprint density at radius 1 is 1.36 bits per heavy atom. The number of hydrogen-bond donors (Lipinski definition) is 1. The third-order valence-corrected chi connectivity index (χ3v) is 3.01. The van der Waals surface area contributed by atoms with Crippen molar-refractivity contribution >= 4 is 11.7 Å². The Morgan fingerprint density at radius 3 is 2.82 bits per heavy atom. The lowest BCUT2D eigenvalue weighted by Crippen LogP contribution is -2.21. The first-order valence-corrected chi connectivity index (χ1v) is 7.06. The van der Waals surface area contributed by atoms with Crippen molar-refractivity contribution < 1.29 is 9.59 Å². The summed E-state index contributed by atoms with van der Waals surface area (Å²) in [4.78, 5) is 29.6. The summed E-state index contributed by atoms with van der Waals surface area (Å²) in [6.45, 7) is 4.14. The number of azide groups is 1. The van der Waals surface area contributed by atoms with Gasteiger partial charge >= 0.3 is 0 Å². The van der Waals surface area contributed by atoms with E-state index in [-0.39, 0.29) is 18.2 Å². The van der Waals surface area contributed by atoms with E-state index in [9.17, 15) is 9.59 Å². The van der Waals surface area contributed by atoms with Crippen molar-refractivity contribution in [3.8, 4) is 0 Å². The van der Waals surface area contributed by atoms with E-state index >= 15 is 0 Å². The molecular formula is C15H19N5O2. The third kappa shape index (κ3) is 6.67. The van der Waals surface area contributed by atoms with Gasteiger partial charge in [-0.1, -0.05) is 18.1 Å². The first-order chi connectivity index (χ1) is 10.7. The van der Waals surface area contributed by atoms with Gasteiger partial charge in [-0.3, -0.25) is 14.6 Å². The van der Waals surface area contributed by atoms with Gasteiger partial charge in [0.25, 0.3) is 0 Å². The van der Waals surface area contributed by atoms with Gasteiger partial charge in [-0.05, 0) is 36.6 Å². The molecule has 0 aliphatic carbocycles. The molecule has 1 rings (SSSR count). The van der Waals surface area contributed by atoms with Gasteiger partial charge in [0.1, 0.15) is 0 Å². The SMILES string of the molecule is C=CC(=O)NCCCCCC(=O)c1ccc(CN=[N+]=[N-])nc1. The van der Waals surface area contributed by atoms with Crippen molar-refractivity contribution in [1.29, 1.82) is 0 Å². The van der Waals surface area contributed by atoms with E-state index in [1.807, 2.05) is 0 Å². The number of ketones is 1. The van der Waals surface area contributed by atoms with Gasteiger partial charge in [-0.2, -0.15) is 0 Å². The number of Topliss-reactive ketones (excluding diaryl/α,β-unsaturated/α-hetero) is 1. The molecule has 0 aromatic carbocycles. The highest BCUT2D eigenvalue weighted by Gasteiger charge is 2.06.